The standard InChI is InChI=1S/C14H18BrNO3S/c15-10-2-1-3-11(8-10)20(17)13-9-14(5-4-12(13)16)18-6-7-19-14/h1-3,8,12-13H,4-7,9,16H2. The molecule has 2 N–H and O–H groups in total. The summed E-state index contributed by atoms with van der Waals surface area (Å²) in [6.07, 6.45) is 2.18. The highest BCUT2D eigenvalue weighted by atomic mass is 79.9. The third-order valence-electron chi connectivity index (χ3n) is 3.97. The van der Waals surface area contributed by atoms with Crippen molar-refractivity contribution in [2.45, 2.75) is 41.2 Å². The van der Waals surface area contributed by atoms with Crippen LogP contribution in [0.3, 0.4) is 0 Å². The fraction of sp³-hybridized carbons (Fsp3) is 0.571. The zero-order valence-corrected chi connectivity index (χ0v) is 13.5. The number of rotatable bonds is 2. The van der Waals surface area contributed by atoms with Gasteiger partial charge in [-0.1, -0.05) is 22.0 Å². The van der Waals surface area contributed by atoms with Crippen LogP contribution in [0.4, 0.5) is 0 Å². The number of hydrogen-bond acceptors (Lipinski definition) is 4. The number of benzene rings is 1. The lowest BCUT2D eigenvalue weighted by Gasteiger charge is -2.39. The van der Waals surface area contributed by atoms with Crippen LogP contribution in [0.2, 0.25) is 0 Å². The van der Waals surface area contributed by atoms with E-state index in [0.29, 0.717) is 19.6 Å². The fourth-order valence-corrected chi connectivity index (χ4v) is 5.11. The molecule has 1 heterocycles. The maximum atomic E-state index is 12.8. The molecule has 20 heavy (non-hydrogen) atoms. The Balaban J connectivity index is 1.82. The van der Waals surface area contributed by atoms with Gasteiger partial charge in [0.2, 0.25) is 0 Å². The van der Waals surface area contributed by atoms with Crippen molar-refractivity contribution in [3.05, 3.63) is 28.7 Å². The van der Waals surface area contributed by atoms with E-state index in [1.54, 1.807) is 0 Å². The Morgan fingerprint density at radius 1 is 1.35 bits per heavy atom. The maximum absolute atomic E-state index is 12.8. The molecule has 1 aliphatic heterocycles. The zero-order chi connectivity index (χ0) is 14.2. The highest BCUT2D eigenvalue weighted by molar-refractivity contribution is 9.10. The molecule has 0 bridgehead atoms. The summed E-state index contributed by atoms with van der Waals surface area (Å²) < 4.78 is 25.2. The highest BCUT2D eigenvalue weighted by Crippen LogP contribution is 2.38. The van der Waals surface area contributed by atoms with E-state index < -0.39 is 16.6 Å². The lowest BCUT2D eigenvalue weighted by molar-refractivity contribution is -0.177. The first-order valence-corrected chi connectivity index (χ1v) is 8.80. The quantitative estimate of drug-likeness (QED) is 0.878. The predicted molar refractivity (Wildman–Crippen MR) is 80.8 cm³/mol. The Morgan fingerprint density at radius 2 is 2.10 bits per heavy atom. The second kappa shape index (κ2) is 5.85. The summed E-state index contributed by atoms with van der Waals surface area (Å²) in [4.78, 5) is 0.801. The molecule has 1 aromatic rings. The summed E-state index contributed by atoms with van der Waals surface area (Å²) in [6.45, 7) is 1.23. The van der Waals surface area contributed by atoms with Gasteiger partial charge in [-0.25, -0.2) is 0 Å². The minimum atomic E-state index is -1.15. The first-order chi connectivity index (χ1) is 9.60. The van der Waals surface area contributed by atoms with E-state index in [2.05, 4.69) is 15.9 Å². The first-order valence-electron chi connectivity index (χ1n) is 6.79. The number of ether oxygens (including phenoxy) is 2. The molecule has 3 rings (SSSR count). The Bertz CT molecular complexity index is 519. The van der Waals surface area contributed by atoms with Gasteiger partial charge in [0.05, 0.1) is 29.3 Å². The third-order valence-corrected chi connectivity index (χ3v) is 6.24. The first kappa shape index (κ1) is 14.7. The van der Waals surface area contributed by atoms with Crippen molar-refractivity contribution in [2.75, 3.05) is 13.2 Å². The van der Waals surface area contributed by atoms with Crippen molar-refractivity contribution < 1.29 is 13.7 Å². The summed E-state index contributed by atoms with van der Waals surface area (Å²) in [7, 11) is -1.15. The average molecular weight is 360 g/mol. The molecule has 1 saturated carbocycles. The molecule has 110 valence electrons. The second-order valence-corrected chi connectivity index (χ2v) is 7.89. The molecular formula is C14H18BrNO3S. The largest absolute Gasteiger partial charge is 0.347 e. The summed E-state index contributed by atoms with van der Waals surface area (Å²) in [5, 5.41) is -0.129. The molecule has 1 aliphatic carbocycles. The van der Waals surface area contributed by atoms with E-state index in [-0.39, 0.29) is 11.3 Å². The van der Waals surface area contributed by atoms with Gasteiger partial charge in [-0.3, -0.25) is 4.21 Å². The third kappa shape index (κ3) is 2.85. The predicted octanol–water partition coefficient (Wildman–Crippen LogP) is 2.18. The molecule has 4 nitrogen and oxygen atoms in total. The lowest BCUT2D eigenvalue weighted by atomic mass is 9.90. The molecule has 3 unspecified atom stereocenters. The lowest BCUT2D eigenvalue weighted by Crippen LogP contribution is -2.50. The van der Waals surface area contributed by atoms with Crippen LogP contribution in [0.5, 0.6) is 0 Å². The summed E-state index contributed by atoms with van der Waals surface area (Å²) in [6, 6.07) is 7.51. The molecule has 1 aromatic carbocycles. The van der Waals surface area contributed by atoms with Gasteiger partial charge in [-0.15, -0.1) is 0 Å². The van der Waals surface area contributed by atoms with E-state index in [1.807, 2.05) is 24.3 Å². The van der Waals surface area contributed by atoms with Crippen molar-refractivity contribution >= 4 is 26.7 Å². The monoisotopic (exact) mass is 359 g/mol. The van der Waals surface area contributed by atoms with Gasteiger partial charge in [0.25, 0.3) is 0 Å². The van der Waals surface area contributed by atoms with Gasteiger partial charge in [-0.2, -0.15) is 0 Å². The molecule has 0 amide bonds. The van der Waals surface area contributed by atoms with E-state index in [9.17, 15) is 4.21 Å². The van der Waals surface area contributed by atoms with Crippen molar-refractivity contribution in [2.24, 2.45) is 5.73 Å². The molecule has 0 radical (unpaired) electrons. The van der Waals surface area contributed by atoms with Crippen LogP contribution >= 0.6 is 15.9 Å². The molecule has 2 fully saturated rings. The van der Waals surface area contributed by atoms with Crippen LogP contribution in [0, 0.1) is 0 Å². The van der Waals surface area contributed by atoms with Gasteiger partial charge in [-0.05, 0) is 24.6 Å². The SMILES string of the molecule is NC1CCC2(CC1S(=O)c1cccc(Br)c1)OCCO2. The molecule has 0 aromatic heterocycles. The highest BCUT2D eigenvalue weighted by Gasteiger charge is 2.46. The van der Waals surface area contributed by atoms with Gasteiger partial charge in [0.1, 0.15) is 0 Å². The number of nitrogens with two attached hydrogens (primary N) is 1. The topological polar surface area (TPSA) is 61.6 Å². The van der Waals surface area contributed by atoms with Crippen LogP contribution in [0.1, 0.15) is 19.3 Å². The van der Waals surface area contributed by atoms with Crippen LogP contribution in [0.15, 0.2) is 33.6 Å². The molecule has 1 saturated heterocycles. The maximum Gasteiger partial charge on any atom is 0.169 e. The number of halogens is 1. The summed E-state index contributed by atoms with van der Waals surface area (Å²) >= 11 is 3.41. The van der Waals surface area contributed by atoms with Crippen LogP contribution in [0.25, 0.3) is 0 Å². The Hall–Kier alpha value is -0.270. The average Bonchev–Trinajstić information content (AvgIpc) is 2.89. The second-order valence-electron chi connectivity index (χ2n) is 5.31. The molecule has 3 atom stereocenters. The van der Waals surface area contributed by atoms with Crippen LogP contribution in [-0.2, 0) is 20.3 Å². The number of hydrogen-bond donors (Lipinski definition) is 1. The minimum absolute atomic E-state index is 0.0757. The Morgan fingerprint density at radius 3 is 2.80 bits per heavy atom. The van der Waals surface area contributed by atoms with Crippen molar-refractivity contribution in [3.63, 3.8) is 0 Å². The Kier molecular flexibility index (Phi) is 4.29. The van der Waals surface area contributed by atoms with E-state index in [4.69, 9.17) is 15.2 Å². The van der Waals surface area contributed by atoms with E-state index in [1.165, 1.54) is 0 Å². The van der Waals surface area contributed by atoms with E-state index in [0.717, 1.165) is 22.2 Å². The molecular weight excluding hydrogens is 342 g/mol. The minimum Gasteiger partial charge on any atom is -0.347 e. The van der Waals surface area contributed by atoms with Gasteiger partial charge in [0, 0.05) is 28.3 Å². The van der Waals surface area contributed by atoms with Crippen molar-refractivity contribution in [3.8, 4) is 0 Å². The fourth-order valence-electron chi connectivity index (χ4n) is 2.89. The van der Waals surface area contributed by atoms with Gasteiger partial charge in [0.15, 0.2) is 5.79 Å². The summed E-state index contributed by atoms with van der Waals surface area (Å²) in [5.74, 6) is -0.553. The van der Waals surface area contributed by atoms with Crippen LogP contribution in [-0.4, -0.2) is 34.5 Å². The van der Waals surface area contributed by atoms with Crippen molar-refractivity contribution in [1.29, 1.82) is 0 Å². The van der Waals surface area contributed by atoms with Gasteiger partial charge < -0.3 is 15.2 Å². The molecule has 1 spiro atoms. The normalized spacial score (nSPS) is 30.5. The van der Waals surface area contributed by atoms with E-state index >= 15 is 0 Å². The molecule has 2 aliphatic rings. The Labute approximate surface area is 129 Å². The van der Waals surface area contributed by atoms with Crippen molar-refractivity contribution in [1.82, 2.24) is 0 Å². The van der Waals surface area contributed by atoms with Crippen LogP contribution < -0.4 is 5.73 Å². The summed E-state index contributed by atoms with van der Waals surface area (Å²) in [5.41, 5.74) is 6.19. The zero-order valence-electron chi connectivity index (χ0n) is 11.1. The van der Waals surface area contributed by atoms with Gasteiger partial charge >= 0.3 is 0 Å². The molecule has 6 heteroatoms. The smallest absolute Gasteiger partial charge is 0.169 e.